The first-order valence-corrected chi connectivity index (χ1v) is 14.6. The van der Waals surface area contributed by atoms with Crippen molar-refractivity contribution in [3.63, 3.8) is 0 Å². The van der Waals surface area contributed by atoms with Crippen molar-refractivity contribution in [3.05, 3.63) is 65.2 Å². The molecule has 4 heterocycles. The van der Waals surface area contributed by atoms with Crippen LogP contribution in [0.2, 0.25) is 0 Å². The number of anilines is 2. The van der Waals surface area contributed by atoms with Gasteiger partial charge in [-0.05, 0) is 50.1 Å². The van der Waals surface area contributed by atoms with E-state index in [2.05, 4.69) is 35.6 Å². The summed E-state index contributed by atoms with van der Waals surface area (Å²) in [6.07, 6.45) is 2.94. The minimum Gasteiger partial charge on any atom is -0.336 e. The van der Waals surface area contributed by atoms with E-state index < -0.39 is 26.8 Å². The number of carbonyl (C=O) groups is 1. The number of halogens is 6. The third-order valence-electron chi connectivity index (χ3n) is 7.51. The Morgan fingerprint density at radius 1 is 1.10 bits per heavy atom. The normalized spacial score (nSPS) is 21.4. The number of aromatic amines is 1. The van der Waals surface area contributed by atoms with E-state index in [1.165, 1.54) is 12.1 Å². The number of carbonyl (C=O) groups excluding carboxylic acids is 1. The molecule has 1 saturated heterocycles. The molecule has 2 aliphatic rings. The zero-order valence-electron chi connectivity index (χ0n) is 21.5. The maximum Gasteiger partial charge on any atom is 0.310 e. The molecule has 0 spiro atoms. The molecule has 16 heteroatoms. The molecular weight excluding hydrogens is 574 g/mol. The van der Waals surface area contributed by atoms with Crippen molar-refractivity contribution in [2.45, 2.75) is 49.8 Å². The minimum absolute atomic E-state index is 0.0520. The van der Waals surface area contributed by atoms with E-state index in [4.69, 9.17) is 0 Å². The molecule has 6 rings (SSSR count). The quantitative estimate of drug-likeness (QED) is 0.260. The van der Waals surface area contributed by atoms with Gasteiger partial charge in [-0.2, -0.15) is 0 Å². The Morgan fingerprint density at radius 3 is 2.56 bits per heavy atom. The SMILES string of the molecule is C[C@@H]1C[C@@H](N2Cc3cnc(Nc4ccc(S(F)(F)(F)(F)F)cc4)nc3C2)CCN1C(=O)c1cc2nn[nH]c2cc1F. The third-order valence-corrected chi connectivity index (χ3v) is 8.67. The van der Waals surface area contributed by atoms with Gasteiger partial charge in [0.1, 0.15) is 16.2 Å². The first-order chi connectivity index (χ1) is 19.1. The number of rotatable bonds is 5. The highest BCUT2D eigenvalue weighted by Gasteiger charge is 2.65. The Balaban J connectivity index is 1.09. The molecule has 2 atom stereocenters. The maximum absolute atomic E-state index is 14.6. The predicted molar refractivity (Wildman–Crippen MR) is 140 cm³/mol. The Kier molecular flexibility index (Phi) is 5.84. The highest BCUT2D eigenvalue weighted by Crippen LogP contribution is 3.02. The summed E-state index contributed by atoms with van der Waals surface area (Å²) in [5, 5.41) is 12.8. The standard InChI is InChI=1S/C25H24F6N8OS/c1-14-8-17(6-7-39(14)24(40)19-9-21-22(10-20(19)26)36-37-35-21)38-12-15-11-32-25(34-23(15)13-38)33-16-2-4-18(5-3-16)41(27,28,29,30)31/h2-5,9-11,14,17H,6-8,12-13H2,1H3,(H,32,33,34)(H,35,36,37)/t14-,17+/m1/s1. The lowest BCUT2D eigenvalue weighted by molar-refractivity contribution is 0.0456. The zero-order chi connectivity index (χ0) is 29.2. The highest BCUT2D eigenvalue weighted by molar-refractivity contribution is 8.45. The lowest BCUT2D eigenvalue weighted by Gasteiger charge is -2.41. The van der Waals surface area contributed by atoms with E-state index in [0.717, 1.165) is 23.4 Å². The summed E-state index contributed by atoms with van der Waals surface area (Å²) in [4.78, 5) is 23.8. The minimum atomic E-state index is -9.75. The maximum atomic E-state index is 14.6. The molecule has 9 nitrogen and oxygen atoms in total. The number of hydrogen-bond donors (Lipinski definition) is 2. The van der Waals surface area contributed by atoms with Crippen LogP contribution in [0.3, 0.4) is 0 Å². The van der Waals surface area contributed by atoms with Gasteiger partial charge in [0.05, 0.1) is 16.8 Å². The van der Waals surface area contributed by atoms with Gasteiger partial charge in [-0.25, -0.2) is 14.4 Å². The topological polar surface area (TPSA) is 103 Å². The Labute approximate surface area is 229 Å². The Hall–Kier alpha value is -3.92. The number of nitrogens with zero attached hydrogens (tertiary/aromatic N) is 6. The molecule has 41 heavy (non-hydrogen) atoms. The van der Waals surface area contributed by atoms with Crippen molar-refractivity contribution in [1.29, 1.82) is 0 Å². The molecule has 0 radical (unpaired) electrons. The van der Waals surface area contributed by atoms with Crippen molar-refractivity contribution < 1.29 is 28.6 Å². The van der Waals surface area contributed by atoms with E-state index in [-0.39, 0.29) is 29.3 Å². The van der Waals surface area contributed by atoms with Gasteiger partial charge in [0.2, 0.25) is 5.95 Å². The van der Waals surface area contributed by atoms with E-state index in [9.17, 15) is 28.6 Å². The summed E-state index contributed by atoms with van der Waals surface area (Å²) in [5.41, 5.74) is 2.52. The van der Waals surface area contributed by atoms with Crippen molar-refractivity contribution >= 4 is 38.8 Å². The van der Waals surface area contributed by atoms with Crippen LogP contribution in [-0.4, -0.2) is 59.7 Å². The smallest absolute Gasteiger partial charge is 0.310 e. The number of aromatic nitrogens is 5. The lowest BCUT2D eigenvalue weighted by atomic mass is 9.96. The van der Waals surface area contributed by atoms with Gasteiger partial charge in [-0.3, -0.25) is 14.8 Å². The second kappa shape index (κ2) is 8.79. The molecule has 0 unspecified atom stereocenters. The molecule has 2 aromatic heterocycles. The summed E-state index contributed by atoms with van der Waals surface area (Å²) in [7, 11) is -9.75. The van der Waals surface area contributed by atoms with Crippen molar-refractivity contribution in [2.24, 2.45) is 0 Å². The predicted octanol–water partition coefficient (Wildman–Crippen LogP) is 6.30. The average Bonchev–Trinajstić information content (AvgIpc) is 3.53. The largest absolute Gasteiger partial charge is 0.336 e. The van der Waals surface area contributed by atoms with E-state index in [1.807, 2.05) is 6.92 Å². The first kappa shape index (κ1) is 27.3. The number of amides is 1. The number of H-pyrrole nitrogens is 1. The van der Waals surface area contributed by atoms with Crippen LogP contribution in [-0.2, 0) is 13.1 Å². The fourth-order valence-corrected chi connectivity index (χ4v) is 6.04. The molecule has 4 aromatic rings. The van der Waals surface area contributed by atoms with Gasteiger partial charge in [-0.15, -0.1) is 5.10 Å². The average molecular weight is 599 g/mol. The van der Waals surface area contributed by atoms with Crippen LogP contribution in [0.1, 0.15) is 41.4 Å². The fraction of sp³-hybridized carbons (Fsp3) is 0.320. The van der Waals surface area contributed by atoms with Gasteiger partial charge in [-0.1, -0.05) is 24.6 Å². The van der Waals surface area contributed by atoms with Crippen molar-refractivity contribution in [3.8, 4) is 0 Å². The second-order valence-electron chi connectivity index (χ2n) is 10.4. The van der Waals surface area contributed by atoms with Crippen LogP contribution in [0.15, 0.2) is 47.5 Å². The zero-order valence-corrected chi connectivity index (χ0v) is 22.3. The Morgan fingerprint density at radius 2 is 1.85 bits per heavy atom. The molecule has 1 fully saturated rings. The van der Waals surface area contributed by atoms with E-state index in [0.29, 0.717) is 55.6 Å². The number of fused-ring (bicyclic) bond motifs is 2. The summed E-state index contributed by atoms with van der Waals surface area (Å²) < 4.78 is 79.5. The molecule has 2 N–H and O–H groups in total. The number of hydrogen-bond acceptors (Lipinski definition) is 7. The molecule has 218 valence electrons. The fourth-order valence-electron chi connectivity index (χ4n) is 5.39. The summed E-state index contributed by atoms with van der Waals surface area (Å²) in [5.74, 6) is -0.916. The van der Waals surface area contributed by atoms with Gasteiger partial charge >= 0.3 is 10.2 Å². The van der Waals surface area contributed by atoms with E-state index in [1.54, 1.807) is 11.1 Å². The number of likely N-dealkylation sites (tertiary alicyclic amines) is 1. The van der Waals surface area contributed by atoms with Crippen LogP contribution in [0.25, 0.3) is 11.0 Å². The number of benzene rings is 2. The van der Waals surface area contributed by atoms with E-state index >= 15 is 0 Å². The van der Waals surface area contributed by atoms with Gasteiger partial charge in [0.15, 0.2) is 0 Å². The van der Waals surface area contributed by atoms with Crippen LogP contribution in [0.5, 0.6) is 0 Å². The third kappa shape index (κ3) is 5.40. The molecule has 0 aliphatic carbocycles. The summed E-state index contributed by atoms with van der Waals surface area (Å²) in [6, 6.07) is 5.05. The summed E-state index contributed by atoms with van der Waals surface area (Å²) >= 11 is 0. The molecule has 0 saturated carbocycles. The monoisotopic (exact) mass is 598 g/mol. The molecular formula is C25H24F6N8OS. The van der Waals surface area contributed by atoms with Gasteiger partial charge < -0.3 is 10.2 Å². The van der Waals surface area contributed by atoms with Crippen LogP contribution >= 0.6 is 10.2 Å². The summed E-state index contributed by atoms with van der Waals surface area (Å²) in [6.45, 7) is 3.43. The highest BCUT2D eigenvalue weighted by atomic mass is 32.5. The van der Waals surface area contributed by atoms with Crippen LogP contribution in [0.4, 0.5) is 35.5 Å². The van der Waals surface area contributed by atoms with Crippen LogP contribution in [0, 0.1) is 5.82 Å². The number of piperidine rings is 1. The lowest BCUT2D eigenvalue weighted by Crippen LogP contribution is -2.50. The Bertz CT molecular complexity index is 1660. The molecule has 0 bridgehead atoms. The molecule has 2 aromatic carbocycles. The van der Waals surface area contributed by atoms with Crippen molar-refractivity contribution in [1.82, 2.24) is 35.2 Å². The van der Waals surface area contributed by atoms with Crippen LogP contribution < -0.4 is 5.32 Å². The van der Waals surface area contributed by atoms with Gasteiger partial charge in [0, 0.05) is 55.2 Å². The molecule has 2 aliphatic heterocycles. The van der Waals surface area contributed by atoms with Crippen molar-refractivity contribution in [2.75, 3.05) is 11.9 Å². The van der Waals surface area contributed by atoms with Gasteiger partial charge in [0.25, 0.3) is 5.91 Å². The second-order valence-corrected chi connectivity index (χ2v) is 12.8. The first-order valence-electron chi connectivity index (χ1n) is 12.7. The molecule has 1 amide bonds. The number of nitrogens with one attached hydrogen (secondary N) is 2.